The van der Waals surface area contributed by atoms with Gasteiger partial charge in [0.15, 0.2) is 0 Å². The van der Waals surface area contributed by atoms with Gasteiger partial charge in [-0.2, -0.15) is 0 Å². The molecular formula is C17H19ClFN3OS. The minimum atomic E-state index is -0.352. The number of halogens is 2. The summed E-state index contributed by atoms with van der Waals surface area (Å²) in [6.07, 6.45) is 0. The van der Waals surface area contributed by atoms with Gasteiger partial charge in [-0.1, -0.05) is 17.7 Å². The summed E-state index contributed by atoms with van der Waals surface area (Å²) in [6.45, 7) is 4.76. The van der Waals surface area contributed by atoms with Gasteiger partial charge < -0.3 is 5.32 Å². The number of amides is 1. The maximum atomic E-state index is 13.1. The number of anilines is 1. The predicted octanol–water partition coefficient (Wildman–Crippen LogP) is 3.30. The zero-order valence-corrected chi connectivity index (χ0v) is 14.7. The van der Waals surface area contributed by atoms with Crippen LogP contribution in [0.25, 0.3) is 0 Å². The SMILES string of the molecule is O=C(CN1CCN(Cc2ccc(Cl)s2)CC1)Nc1cccc(F)c1. The molecule has 0 saturated carbocycles. The van der Waals surface area contributed by atoms with E-state index < -0.39 is 0 Å². The van der Waals surface area contributed by atoms with Crippen molar-refractivity contribution >= 4 is 34.5 Å². The summed E-state index contributed by atoms with van der Waals surface area (Å²) < 4.78 is 13.9. The van der Waals surface area contributed by atoms with Gasteiger partial charge in [-0.3, -0.25) is 14.6 Å². The first kappa shape index (κ1) is 17.4. The second kappa shape index (κ2) is 8.07. The lowest BCUT2D eigenvalue weighted by molar-refractivity contribution is -0.117. The maximum absolute atomic E-state index is 13.1. The number of carbonyl (C=O) groups is 1. The topological polar surface area (TPSA) is 35.6 Å². The summed E-state index contributed by atoms with van der Waals surface area (Å²) in [5, 5.41) is 2.74. The molecule has 1 aromatic heterocycles. The molecule has 1 N–H and O–H groups in total. The maximum Gasteiger partial charge on any atom is 0.238 e. The largest absolute Gasteiger partial charge is 0.325 e. The molecule has 1 aliphatic rings. The number of nitrogens with zero attached hydrogens (tertiary/aromatic N) is 2. The van der Waals surface area contributed by atoms with Crippen LogP contribution in [0.4, 0.5) is 10.1 Å². The smallest absolute Gasteiger partial charge is 0.238 e. The van der Waals surface area contributed by atoms with Crippen molar-refractivity contribution in [3.05, 3.63) is 51.4 Å². The zero-order valence-electron chi connectivity index (χ0n) is 13.2. The van der Waals surface area contributed by atoms with Crippen molar-refractivity contribution in [3.63, 3.8) is 0 Å². The number of carbonyl (C=O) groups excluding carboxylic acids is 1. The molecule has 1 fully saturated rings. The van der Waals surface area contributed by atoms with Gasteiger partial charge in [-0.05, 0) is 30.3 Å². The van der Waals surface area contributed by atoms with E-state index in [0.29, 0.717) is 12.2 Å². The Kier molecular flexibility index (Phi) is 5.84. The van der Waals surface area contributed by atoms with Crippen LogP contribution in [0, 0.1) is 5.82 Å². The van der Waals surface area contributed by atoms with Crippen LogP contribution < -0.4 is 5.32 Å². The van der Waals surface area contributed by atoms with Gasteiger partial charge >= 0.3 is 0 Å². The van der Waals surface area contributed by atoms with Crippen LogP contribution in [0.2, 0.25) is 4.34 Å². The van der Waals surface area contributed by atoms with Gasteiger partial charge in [0.2, 0.25) is 5.91 Å². The van der Waals surface area contributed by atoms with Crippen LogP contribution in [0.5, 0.6) is 0 Å². The van der Waals surface area contributed by atoms with Gasteiger partial charge in [0.25, 0.3) is 0 Å². The van der Waals surface area contributed by atoms with E-state index in [-0.39, 0.29) is 11.7 Å². The lowest BCUT2D eigenvalue weighted by Gasteiger charge is -2.34. The van der Waals surface area contributed by atoms with Crippen molar-refractivity contribution in [3.8, 4) is 0 Å². The molecule has 0 unspecified atom stereocenters. The Hall–Kier alpha value is -1.47. The summed E-state index contributed by atoms with van der Waals surface area (Å²) >= 11 is 7.57. The van der Waals surface area contributed by atoms with Crippen LogP contribution in [0.15, 0.2) is 36.4 Å². The molecule has 4 nitrogen and oxygen atoms in total. The monoisotopic (exact) mass is 367 g/mol. The molecule has 24 heavy (non-hydrogen) atoms. The number of hydrogen-bond donors (Lipinski definition) is 1. The summed E-state index contributed by atoms with van der Waals surface area (Å²) in [7, 11) is 0. The Morgan fingerprint density at radius 1 is 1.17 bits per heavy atom. The standard InChI is InChI=1S/C17H19ClFN3OS/c18-16-5-4-15(24-16)11-21-6-8-22(9-7-21)12-17(23)20-14-3-1-2-13(19)10-14/h1-5,10H,6-9,11-12H2,(H,20,23). The van der Waals surface area contributed by atoms with Crippen LogP contribution in [-0.4, -0.2) is 48.4 Å². The van der Waals surface area contributed by atoms with Gasteiger partial charge in [0.1, 0.15) is 5.82 Å². The van der Waals surface area contributed by atoms with Crippen LogP contribution in [0.3, 0.4) is 0 Å². The Morgan fingerprint density at radius 2 is 1.92 bits per heavy atom. The summed E-state index contributed by atoms with van der Waals surface area (Å²) in [4.78, 5) is 17.8. The number of hydrogen-bond acceptors (Lipinski definition) is 4. The van der Waals surface area contributed by atoms with Crippen molar-refractivity contribution in [1.29, 1.82) is 0 Å². The number of thiophene rings is 1. The highest BCUT2D eigenvalue weighted by atomic mass is 35.5. The molecule has 0 radical (unpaired) electrons. The van der Waals surface area contributed by atoms with Crippen LogP contribution >= 0.6 is 22.9 Å². The minimum Gasteiger partial charge on any atom is -0.325 e. The van der Waals surface area contributed by atoms with Crippen molar-refractivity contribution < 1.29 is 9.18 Å². The van der Waals surface area contributed by atoms with Gasteiger partial charge in [-0.15, -0.1) is 11.3 Å². The molecule has 1 saturated heterocycles. The second-order valence-electron chi connectivity index (χ2n) is 5.82. The first-order valence-electron chi connectivity index (χ1n) is 7.83. The van der Waals surface area contributed by atoms with Gasteiger partial charge in [0, 0.05) is 43.3 Å². The molecule has 7 heteroatoms. The third-order valence-corrected chi connectivity index (χ3v) is 5.16. The van der Waals surface area contributed by atoms with E-state index in [1.165, 1.54) is 17.0 Å². The minimum absolute atomic E-state index is 0.112. The molecule has 1 amide bonds. The molecule has 1 aromatic carbocycles. The van der Waals surface area contributed by atoms with Crippen molar-refractivity contribution in [1.82, 2.24) is 9.80 Å². The lowest BCUT2D eigenvalue weighted by atomic mass is 10.3. The molecule has 1 aliphatic heterocycles. The van der Waals surface area contributed by atoms with E-state index in [9.17, 15) is 9.18 Å². The average molecular weight is 368 g/mol. The highest BCUT2D eigenvalue weighted by molar-refractivity contribution is 7.16. The Morgan fingerprint density at radius 3 is 2.58 bits per heavy atom. The number of nitrogens with one attached hydrogen (secondary N) is 1. The first-order valence-corrected chi connectivity index (χ1v) is 9.02. The predicted molar refractivity (Wildman–Crippen MR) is 96.1 cm³/mol. The molecule has 3 rings (SSSR count). The Labute approximate surface area is 149 Å². The van der Waals surface area contributed by atoms with Crippen LogP contribution in [0.1, 0.15) is 4.88 Å². The summed E-state index contributed by atoms with van der Waals surface area (Å²) in [5.74, 6) is -0.464. The fourth-order valence-electron chi connectivity index (χ4n) is 2.73. The van der Waals surface area contributed by atoms with Crippen molar-refractivity contribution in [2.24, 2.45) is 0 Å². The van der Waals surface area contributed by atoms with E-state index in [1.54, 1.807) is 23.5 Å². The molecule has 2 heterocycles. The summed E-state index contributed by atoms with van der Waals surface area (Å²) in [6, 6.07) is 9.93. The van der Waals surface area contributed by atoms with E-state index >= 15 is 0 Å². The lowest BCUT2D eigenvalue weighted by Crippen LogP contribution is -2.48. The molecular weight excluding hydrogens is 349 g/mol. The molecule has 0 atom stereocenters. The third kappa shape index (κ3) is 5.01. The average Bonchev–Trinajstić information content (AvgIpc) is 2.94. The normalized spacial score (nSPS) is 16.2. The molecule has 0 spiro atoms. The second-order valence-corrected chi connectivity index (χ2v) is 7.62. The quantitative estimate of drug-likeness (QED) is 0.880. The van der Waals surface area contributed by atoms with E-state index in [4.69, 9.17) is 11.6 Å². The van der Waals surface area contributed by atoms with Crippen molar-refractivity contribution in [2.45, 2.75) is 6.54 Å². The number of rotatable bonds is 5. The molecule has 2 aromatic rings. The van der Waals surface area contributed by atoms with E-state index in [2.05, 4.69) is 21.2 Å². The fraction of sp³-hybridized carbons (Fsp3) is 0.353. The Bertz CT molecular complexity index is 701. The van der Waals surface area contributed by atoms with Crippen molar-refractivity contribution in [2.75, 3.05) is 38.0 Å². The highest BCUT2D eigenvalue weighted by Gasteiger charge is 2.19. The molecule has 128 valence electrons. The zero-order chi connectivity index (χ0) is 16.9. The number of piperazine rings is 1. The van der Waals surface area contributed by atoms with E-state index in [1.807, 2.05) is 6.07 Å². The molecule has 0 aliphatic carbocycles. The van der Waals surface area contributed by atoms with E-state index in [0.717, 1.165) is 37.1 Å². The van der Waals surface area contributed by atoms with Crippen LogP contribution in [-0.2, 0) is 11.3 Å². The molecule has 0 bridgehead atoms. The van der Waals surface area contributed by atoms with Gasteiger partial charge in [0.05, 0.1) is 10.9 Å². The van der Waals surface area contributed by atoms with Gasteiger partial charge in [-0.25, -0.2) is 4.39 Å². The first-order chi connectivity index (χ1) is 11.6. The number of benzene rings is 1. The fourth-order valence-corrected chi connectivity index (χ4v) is 3.86. The summed E-state index contributed by atoms with van der Waals surface area (Å²) in [5.41, 5.74) is 0.494. The highest BCUT2D eigenvalue weighted by Crippen LogP contribution is 2.23. The Balaban J connectivity index is 1.42. The third-order valence-electron chi connectivity index (χ3n) is 3.95.